The zero-order chi connectivity index (χ0) is 26.1. The quantitative estimate of drug-likeness (QED) is 0.131. The van der Waals surface area contributed by atoms with Crippen molar-refractivity contribution in [1.29, 1.82) is 0 Å². The lowest BCUT2D eigenvalue weighted by Crippen LogP contribution is -2.20. The molecule has 0 spiro atoms. The second kappa shape index (κ2) is 17.3. The summed E-state index contributed by atoms with van der Waals surface area (Å²) < 4.78 is 1.72. The Hall–Kier alpha value is -3.17. The van der Waals surface area contributed by atoms with E-state index in [1.54, 1.807) is 29.1 Å². The summed E-state index contributed by atoms with van der Waals surface area (Å²) in [4.78, 5) is 20.9. The summed E-state index contributed by atoms with van der Waals surface area (Å²) in [6.45, 7) is 9.81. The van der Waals surface area contributed by atoms with E-state index in [1.165, 1.54) is 6.07 Å². The Morgan fingerprint density at radius 1 is 1.26 bits per heavy atom. The van der Waals surface area contributed by atoms with Crippen LogP contribution in [0.4, 0.5) is 0 Å². The van der Waals surface area contributed by atoms with Crippen molar-refractivity contribution in [2.75, 3.05) is 40.8 Å². The molecule has 35 heavy (non-hydrogen) atoms. The third kappa shape index (κ3) is 13.3. The summed E-state index contributed by atoms with van der Waals surface area (Å²) in [5.74, 6) is 0.970. The minimum atomic E-state index is -0.115. The second-order valence-corrected chi connectivity index (χ2v) is 8.47. The van der Waals surface area contributed by atoms with Gasteiger partial charge in [0.15, 0.2) is 0 Å². The van der Waals surface area contributed by atoms with Crippen LogP contribution in [-0.4, -0.2) is 79.0 Å². The van der Waals surface area contributed by atoms with Crippen molar-refractivity contribution < 1.29 is 5.11 Å². The van der Waals surface area contributed by atoms with Gasteiger partial charge < -0.3 is 15.4 Å². The molecular formula is C26H41N7O2. The summed E-state index contributed by atoms with van der Waals surface area (Å²) >= 11 is 0. The maximum absolute atomic E-state index is 12.3. The maximum Gasteiger partial charge on any atom is 0.203 e. The van der Waals surface area contributed by atoms with E-state index in [0.29, 0.717) is 30.4 Å². The Bertz CT molecular complexity index is 974. The van der Waals surface area contributed by atoms with E-state index in [0.717, 1.165) is 25.0 Å². The molecule has 0 saturated heterocycles. The van der Waals surface area contributed by atoms with Gasteiger partial charge in [-0.1, -0.05) is 31.7 Å². The largest absolute Gasteiger partial charge is 0.395 e. The Labute approximate surface area is 209 Å². The number of rotatable bonds is 15. The summed E-state index contributed by atoms with van der Waals surface area (Å²) in [5.41, 5.74) is 1.10. The molecule has 2 unspecified atom stereocenters. The first kappa shape index (κ1) is 29.9. The first-order chi connectivity index (χ1) is 16.8. The van der Waals surface area contributed by atoms with Crippen LogP contribution in [0.15, 0.2) is 68.6 Å². The molecule has 0 aliphatic carbocycles. The molecule has 2 N–H and O–H groups in total. The molecule has 1 aromatic heterocycles. The summed E-state index contributed by atoms with van der Waals surface area (Å²) in [7, 11) is 5.41. The van der Waals surface area contributed by atoms with Crippen molar-refractivity contribution in [1.82, 2.24) is 20.1 Å². The lowest BCUT2D eigenvalue weighted by atomic mass is 10.1. The van der Waals surface area contributed by atoms with Gasteiger partial charge in [0.1, 0.15) is 11.5 Å². The minimum absolute atomic E-state index is 0.0820. The molecule has 0 amide bonds. The average molecular weight is 484 g/mol. The van der Waals surface area contributed by atoms with Crippen LogP contribution < -0.4 is 10.7 Å². The van der Waals surface area contributed by atoms with Gasteiger partial charge in [-0.25, -0.2) is 4.99 Å². The number of nitrogens with zero attached hydrogens (tertiary/aromatic N) is 6. The van der Waals surface area contributed by atoms with Gasteiger partial charge >= 0.3 is 0 Å². The monoisotopic (exact) mass is 483 g/mol. The zero-order valence-corrected chi connectivity index (χ0v) is 21.8. The molecular weight excluding hydrogens is 442 g/mol. The maximum atomic E-state index is 12.3. The van der Waals surface area contributed by atoms with Gasteiger partial charge in [0, 0.05) is 58.8 Å². The van der Waals surface area contributed by atoms with Crippen molar-refractivity contribution in [2.24, 2.45) is 21.0 Å². The molecule has 9 nitrogen and oxygen atoms in total. The van der Waals surface area contributed by atoms with Gasteiger partial charge in [-0.15, -0.1) is 0 Å². The standard InChI is InChI=1S/C26H41N7O2/c1-21(18-24-25(35)13-16-33(31-24)23(3)20-30-32(5)6)10-7-8-12-26(27-4)29-19-22(2)11-9-14-28-15-17-34/h7-8,10,12-13,16,19-20,22-23,28,34H,1,9,11,14-15,17-18H2,2-6H3/b10-7-,12-8+,27-26?,29-19?,30-20-. The van der Waals surface area contributed by atoms with Crippen molar-refractivity contribution in [2.45, 2.75) is 39.2 Å². The number of aliphatic hydroxyl groups excluding tert-OH is 1. The topological polar surface area (TPSA) is 107 Å². The molecule has 1 aromatic rings. The number of hydrogen-bond acceptors (Lipinski definition) is 7. The lowest BCUT2D eigenvalue weighted by Gasteiger charge is -2.12. The number of hydrogen-bond donors (Lipinski definition) is 2. The van der Waals surface area contributed by atoms with Gasteiger partial charge in [-0.05, 0) is 43.9 Å². The Morgan fingerprint density at radius 3 is 2.69 bits per heavy atom. The van der Waals surface area contributed by atoms with Crippen molar-refractivity contribution >= 4 is 18.3 Å². The molecule has 0 radical (unpaired) electrons. The van der Waals surface area contributed by atoms with E-state index < -0.39 is 0 Å². The molecule has 0 aromatic carbocycles. The average Bonchev–Trinajstić information content (AvgIpc) is 2.83. The number of nitrogens with one attached hydrogen (secondary N) is 1. The van der Waals surface area contributed by atoms with E-state index in [2.05, 4.69) is 39.0 Å². The van der Waals surface area contributed by atoms with Crippen LogP contribution in [0.1, 0.15) is 38.4 Å². The highest BCUT2D eigenvalue weighted by Crippen LogP contribution is 2.05. The first-order valence-electron chi connectivity index (χ1n) is 11.9. The van der Waals surface area contributed by atoms with Crippen LogP contribution in [0.5, 0.6) is 0 Å². The molecule has 1 rings (SSSR count). The Morgan fingerprint density at radius 2 is 2.00 bits per heavy atom. The van der Waals surface area contributed by atoms with Crippen LogP contribution in [0.3, 0.4) is 0 Å². The molecule has 0 saturated carbocycles. The van der Waals surface area contributed by atoms with Crippen LogP contribution in [0.2, 0.25) is 0 Å². The Kier molecular flexibility index (Phi) is 14.8. The predicted octanol–water partition coefficient (Wildman–Crippen LogP) is 2.66. The zero-order valence-electron chi connectivity index (χ0n) is 21.8. The fraction of sp³-hybridized carbons (Fsp3) is 0.500. The van der Waals surface area contributed by atoms with Crippen LogP contribution >= 0.6 is 0 Å². The van der Waals surface area contributed by atoms with E-state index in [9.17, 15) is 4.79 Å². The number of amidine groups is 1. The molecule has 0 aliphatic rings. The highest BCUT2D eigenvalue weighted by Gasteiger charge is 2.07. The van der Waals surface area contributed by atoms with E-state index in [4.69, 9.17) is 5.11 Å². The highest BCUT2D eigenvalue weighted by atomic mass is 16.3. The van der Waals surface area contributed by atoms with Gasteiger partial charge in [0.25, 0.3) is 0 Å². The number of hydrazone groups is 1. The fourth-order valence-corrected chi connectivity index (χ4v) is 2.92. The smallest absolute Gasteiger partial charge is 0.203 e. The summed E-state index contributed by atoms with van der Waals surface area (Å²) in [5, 5.41) is 22.3. The molecule has 2 atom stereocenters. The van der Waals surface area contributed by atoms with Gasteiger partial charge in [0.2, 0.25) is 5.43 Å². The minimum Gasteiger partial charge on any atom is -0.395 e. The van der Waals surface area contributed by atoms with E-state index in [1.807, 2.05) is 51.5 Å². The molecule has 0 fully saturated rings. The molecule has 9 heteroatoms. The van der Waals surface area contributed by atoms with E-state index >= 15 is 0 Å². The SMILES string of the molecule is C=C(/C=C\C=C\C(N=CC(C)CCCNCCO)=NC)Cc1nn(C(C)/C=N\N(C)C)ccc1=O. The first-order valence-corrected chi connectivity index (χ1v) is 11.9. The second-order valence-electron chi connectivity index (χ2n) is 8.47. The van der Waals surface area contributed by atoms with E-state index in [-0.39, 0.29) is 18.1 Å². The third-order valence-corrected chi connectivity index (χ3v) is 4.90. The Balaban J connectivity index is 2.62. The molecule has 192 valence electrons. The third-order valence-electron chi connectivity index (χ3n) is 4.90. The summed E-state index contributed by atoms with van der Waals surface area (Å²) in [6, 6.07) is 1.44. The number of aromatic nitrogens is 2. The predicted molar refractivity (Wildman–Crippen MR) is 147 cm³/mol. The molecule has 0 bridgehead atoms. The number of aliphatic hydroxyl groups is 1. The number of aliphatic imine (C=N–C) groups is 2. The normalized spacial score (nSPS) is 14.5. The van der Waals surface area contributed by atoms with Gasteiger partial charge in [-0.2, -0.15) is 10.2 Å². The molecule has 1 heterocycles. The van der Waals surface area contributed by atoms with Gasteiger partial charge in [0.05, 0.1) is 12.6 Å². The van der Waals surface area contributed by atoms with Crippen LogP contribution in [-0.2, 0) is 6.42 Å². The highest BCUT2D eigenvalue weighted by molar-refractivity contribution is 5.98. The lowest BCUT2D eigenvalue weighted by molar-refractivity contribution is 0.292. The fourth-order valence-electron chi connectivity index (χ4n) is 2.92. The van der Waals surface area contributed by atoms with Crippen molar-refractivity contribution in [3.05, 3.63) is 64.6 Å². The summed E-state index contributed by atoms with van der Waals surface area (Å²) in [6.07, 6.45) is 15.1. The van der Waals surface area contributed by atoms with Crippen molar-refractivity contribution in [3.63, 3.8) is 0 Å². The van der Waals surface area contributed by atoms with Gasteiger partial charge in [-0.3, -0.25) is 14.5 Å². The van der Waals surface area contributed by atoms with Crippen LogP contribution in [0, 0.1) is 5.92 Å². The number of allylic oxidation sites excluding steroid dienone is 4. The van der Waals surface area contributed by atoms with Crippen LogP contribution in [0.25, 0.3) is 0 Å². The molecule has 0 aliphatic heterocycles. The van der Waals surface area contributed by atoms with Crippen molar-refractivity contribution in [3.8, 4) is 0 Å².